The number of nitrogens with zero attached hydrogens (tertiary/aromatic N) is 3. The Morgan fingerprint density at radius 3 is 2.86 bits per heavy atom. The number of benzene rings is 1. The van der Waals surface area contributed by atoms with Gasteiger partial charge in [-0.15, -0.1) is 6.58 Å². The number of aromatic nitrogens is 1. The summed E-state index contributed by atoms with van der Waals surface area (Å²) in [6.45, 7) is 3.81. The quantitative estimate of drug-likeness (QED) is 0.498. The first kappa shape index (κ1) is 15.6. The van der Waals surface area contributed by atoms with Crippen LogP contribution >= 0.6 is 0 Å². The van der Waals surface area contributed by atoms with E-state index in [1.54, 1.807) is 18.2 Å². The molecule has 7 nitrogen and oxygen atoms in total. The Kier molecular flexibility index (Phi) is 4.80. The monoisotopic (exact) mass is 301 g/mol. The van der Waals surface area contributed by atoms with Crippen LogP contribution in [0.25, 0.3) is 10.9 Å². The molecule has 0 aliphatic rings. The van der Waals surface area contributed by atoms with E-state index in [1.807, 2.05) is 0 Å². The van der Waals surface area contributed by atoms with Crippen LogP contribution in [0.2, 0.25) is 0 Å². The van der Waals surface area contributed by atoms with Crippen LogP contribution in [0, 0.1) is 10.1 Å². The second-order valence-corrected chi connectivity index (χ2v) is 4.55. The Balaban J connectivity index is 2.56. The lowest BCUT2D eigenvalue weighted by molar-refractivity contribution is -0.383. The van der Waals surface area contributed by atoms with Crippen LogP contribution in [0.1, 0.15) is 10.4 Å². The second kappa shape index (κ2) is 6.77. The Hall–Kier alpha value is -2.80. The second-order valence-electron chi connectivity index (χ2n) is 4.55. The average molecular weight is 301 g/mol. The third-order valence-electron chi connectivity index (χ3n) is 3.18. The first-order valence-electron chi connectivity index (χ1n) is 6.63. The van der Waals surface area contributed by atoms with Crippen molar-refractivity contribution in [2.24, 2.45) is 0 Å². The molecule has 0 atom stereocenters. The number of amides is 1. The summed E-state index contributed by atoms with van der Waals surface area (Å²) in [5, 5.41) is 20.4. The maximum Gasteiger partial charge on any atom is 0.278 e. The third kappa shape index (κ3) is 2.94. The summed E-state index contributed by atoms with van der Waals surface area (Å²) in [6.07, 6.45) is 3.03. The molecule has 0 spiro atoms. The van der Waals surface area contributed by atoms with Gasteiger partial charge >= 0.3 is 0 Å². The van der Waals surface area contributed by atoms with Crippen molar-refractivity contribution in [3.8, 4) is 0 Å². The molecule has 1 aromatic heterocycles. The van der Waals surface area contributed by atoms with Gasteiger partial charge in [-0.1, -0.05) is 6.08 Å². The van der Waals surface area contributed by atoms with Gasteiger partial charge < -0.3 is 10.0 Å². The minimum absolute atomic E-state index is 0.0999. The Morgan fingerprint density at radius 1 is 1.45 bits per heavy atom. The number of non-ortho nitro benzene ring substituents is 1. The van der Waals surface area contributed by atoms with Crippen molar-refractivity contribution >= 4 is 22.5 Å². The topological polar surface area (TPSA) is 96.6 Å². The summed E-state index contributed by atoms with van der Waals surface area (Å²) in [5.74, 6) is -0.354. The summed E-state index contributed by atoms with van der Waals surface area (Å²) in [7, 11) is 0. The van der Waals surface area contributed by atoms with Gasteiger partial charge in [-0.3, -0.25) is 19.9 Å². The van der Waals surface area contributed by atoms with Crippen molar-refractivity contribution in [3.05, 3.63) is 58.8 Å². The molecule has 22 heavy (non-hydrogen) atoms. The molecule has 1 N–H and O–H groups in total. The zero-order valence-corrected chi connectivity index (χ0v) is 11.8. The molecule has 1 heterocycles. The highest BCUT2D eigenvalue weighted by atomic mass is 16.6. The van der Waals surface area contributed by atoms with Gasteiger partial charge in [0.25, 0.3) is 11.6 Å². The molecule has 0 aliphatic heterocycles. The van der Waals surface area contributed by atoms with Gasteiger partial charge in [0.1, 0.15) is 0 Å². The molecule has 2 rings (SSSR count). The molecule has 0 aliphatic carbocycles. The zero-order chi connectivity index (χ0) is 16.1. The number of hydrogen-bond acceptors (Lipinski definition) is 5. The van der Waals surface area contributed by atoms with Gasteiger partial charge in [0.05, 0.1) is 28.0 Å². The first-order chi connectivity index (χ1) is 10.6. The smallest absolute Gasteiger partial charge is 0.278 e. The van der Waals surface area contributed by atoms with Crippen LogP contribution in [0.5, 0.6) is 0 Å². The van der Waals surface area contributed by atoms with Gasteiger partial charge in [-0.05, 0) is 18.2 Å². The van der Waals surface area contributed by atoms with Crippen LogP contribution in [0.15, 0.2) is 43.1 Å². The fraction of sp³-hybridized carbons (Fsp3) is 0.200. The predicted molar refractivity (Wildman–Crippen MR) is 81.6 cm³/mol. The summed E-state index contributed by atoms with van der Waals surface area (Å²) < 4.78 is 0. The largest absolute Gasteiger partial charge is 0.395 e. The van der Waals surface area contributed by atoms with E-state index in [2.05, 4.69) is 11.6 Å². The van der Waals surface area contributed by atoms with Crippen molar-refractivity contribution in [2.45, 2.75) is 0 Å². The normalized spacial score (nSPS) is 10.4. The molecule has 0 radical (unpaired) electrons. The summed E-state index contributed by atoms with van der Waals surface area (Å²) in [6, 6.07) is 5.82. The minimum atomic E-state index is -0.506. The Bertz CT molecular complexity index is 730. The van der Waals surface area contributed by atoms with E-state index in [0.717, 1.165) is 0 Å². The molecule has 7 heteroatoms. The molecule has 0 saturated carbocycles. The minimum Gasteiger partial charge on any atom is -0.395 e. The molecule has 2 aromatic rings. The van der Waals surface area contributed by atoms with Crippen molar-refractivity contribution in [1.82, 2.24) is 9.88 Å². The van der Waals surface area contributed by atoms with Crippen molar-refractivity contribution in [2.75, 3.05) is 19.7 Å². The summed E-state index contributed by atoms with van der Waals surface area (Å²) in [4.78, 5) is 28.7. The fourth-order valence-corrected chi connectivity index (χ4v) is 2.21. The van der Waals surface area contributed by atoms with Gasteiger partial charge in [0, 0.05) is 25.4 Å². The molecule has 1 aromatic carbocycles. The average Bonchev–Trinajstić information content (AvgIpc) is 2.52. The SMILES string of the molecule is C=CCN(CCO)C(=O)c1ccc([N+](=O)[O-])c2cccnc12. The molecule has 0 bridgehead atoms. The third-order valence-corrected chi connectivity index (χ3v) is 3.18. The van der Waals surface area contributed by atoms with Gasteiger partial charge in [-0.2, -0.15) is 0 Å². The Labute approximate surface area is 126 Å². The van der Waals surface area contributed by atoms with E-state index < -0.39 is 4.92 Å². The summed E-state index contributed by atoms with van der Waals surface area (Å²) in [5.41, 5.74) is 0.433. The number of nitro groups is 1. The highest BCUT2D eigenvalue weighted by Crippen LogP contribution is 2.27. The van der Waals surface area contributed by atoms with E-state index in [4.69, 9.17) is 5.11 Å². The predicted octanol–water partition coefficient (Wildman–Crippen LogP) is 1.76. The number of hydrogen-bond donors (Lipinski definition) is 1. The lowest BCUT2D eigenvalue weighted by Gasteiger charge is -2.20. The molecular formula is C15H15N3O4. The number of aliphatic hydroxyl groups excluding tert-OH is 1. The van der Waals surface area contributed by atoms with Crippen LogP contribution in [0.3, 0.4) is 0 Å². The lowest BCUT2D eigenvalue weighted by atomic mass is 10.1. The molecule has 114 valence electrons. The van der Waals surface area contributed by atoms with Crippen LogP contribution in [-0.4, -0.2) is 45.5 Å². The number of fused-ring (bicyclic) bond motifs is 1. The number of nitro benzene ring substituents is 1. The number of pyridine rings is 1. The van der Waals surface area contributed by atoms with Crippen LogP contribution < -0.4 is 0 Å². The number of aliphatic hydroxyl groups is 1. The van der Waals surface area contributed by atoms with Crippen molar-refractivity contribution in [3.63, 3.8) is 0 Å². The van der Waals surface area contributed by atoms with Gasteiger partial charge in [0.15, 0.2) is 0 Å². The summed E-state index contributed by atoms with van der Waals surface area (Å²) >= 11 is 0. The van der Waals surface area contributed by atoms with E-state index in [1.165, 1.54) is 23.2 Å². The number of rotatable bonds is 6. The van der Waals surface area contributed by atoms with E-state index in [0.29, 0.717) is 5.39 Å². The molecule has 0 saturated heterocycles. The molecule has 0 unspecified atom stereocenters. The van der Waals surface area contributed by atoms with E-state index >= 15 is 0 Å². The molecule has 1 amide bonds. The van der Waals surface area contributed by atoms with E-state index in [9.17, 15) is 14.9 Å². The van der Waals surface area contributed by atoms with E-state index in [-0.39, 0.29) is 42.4 Å². The van der Waals surface area contributed by atoms with Crippen molar-refractivity contribution < 1.29 is 14.8 Å². The molecule has 0 fully saturated rings. The van der Waals surface area contributed by atoms with Crippen LogP contribution in [-0.2, 0) is 0 Å². The van der Waals surface area contributed by atoms with Gasteiger partial charge in [0.2, 0.25) is 0 Å². The molecular weight excluding hydrogens is 286 g/mol. The standard InChI is InChI=1S/C15H15N3O4/c1-2-8-17(9-10-19)15(20)12-5-6-13(18(21)22)11-4-3-7-16-14(11)12/h2-7,19H,1,8-10H2. The van der Waals surface area contributed by atoms with Crippen molar-refractivity contribution in [1.29, 1.82) is 0 Å². The van der Waals surface area contributed by atoms with Gasteiger partial charge in [-0.25, -0.2) is 0 Å². The number of carbonyl (C=O) groups is 1. The lowest BCUT2D eigenvalue weighted by Crippen LogP contribution is -2.33. The zero-order valence-electron chi connectivity index (χ0n) is 11.8. The Morgan fingerprint density at radius 2 is 2.23 bits per heavy atom. The van der Waals surface area contributed by atoms with Crippen LogP contribution in [0.4, 0.5) is 5.69 Å². The fourth-order valence-electron chi connectivity index (χ4n) is 2.21. The number of carbonyl (C=O) groups excluding carboxylic acids is 1. The highest BCUT2D eigenvalue weighted by molar-refractivity contribution is 6.07. The first-order valence-corrected chi connectivity index (χ1v) is 6.63. The maximum absolute atomic E-state index is 12.6. The maximum atomic E-state index is 12.6. The highest BCUT2D eigenvalue weighted by Gasteiger charge is 2.21.